The van der Waals surface area contributed by atoms with E-state index in [1.54, 1.807) is 11.3 Å². The fraction of sp³-hybridized carbons (Fsp3) is 0.154. The highest BCUT2D eigenvalue weighted by molar-refractivity contribution is 14.1. The van der Waals surface area contributed by atoms with Crippen LogP contribution in [0, 0.1) is 17.4 Å². The predicted octanol–water partition coefficient (Wildman–Crippen LogP) is 4.96. The first-order valence-corrected chi connectivity index (χ1v) is 7.74. The molecule has 0 amide bonds. The van der Waals surface area contributed by atoms with Crippen LogP contribution in [0.25, 0.3) is 0 Å². The number of benzene rings is 1. The van der Waals surface area contributed by atoms with Gasteiger partial charge in [-0.1, -0.05) is 15.9 Å². The predicted molar refractivity (Wildman–Crippen MR) is 84.1 cm³/mol. The van der Waals surface area contributed by atoms with Crippen LogP contribution < -0.4 is 0 Å². The topological polar surface area (TPSA) is 17.1 Å². The Hall–Kier alpha value is -0.200. The second-order valence-corrected chi connectivity index (χ2v) is 7.32. The summed E-state index contributed by atoms with van der Waals surface area (Å²) >= 11 is 7.27. The summed E-state index contributed by atoms with van der Waals surface area (Å²) in [6.07, 6.45) is 0. The van der Waals surface area contributed by atoms with Gasteiger partial charge in [-0.2, -0.15) is 0 Å². The van der Waals surface area contributed by atoms with Gasteiger partial charge in [0.25, 0.3) is 0 Å². The van der Waals surface area contributed by atoms with E-state index in [4.69, 9.17) is 0 Å². The molecule has 2 rings (SSSR count). The summed E-state index contributed by atoms with van der Waals surface area (Å²) in [6, 6.07) is 7.76. The highest BCUT2D eigenvalue weighted by Crippen LogP contribution is 2.26. The third kappa shape index (κ3) is 2.80. The molecule has 0 aliphatic heterocycles. The van der Waals surface area contributed by atoms with Crippen LogP contribution in [0.1, 0.15) is 25.7 Å². The first-order chi connectivity index (χ1) is 7.99. The van der Waals surface area contributed by atoms with Crippen LogP contribution in [0.3, 0.4) is 0 Å². The van der Waals surface area contributed by atoms with Gasteiger partial charge in [0.2, 0.25) is 0 Å². The number of hydrogen-bond donors (Lipinski definition) is 0. The lowest BCUT2D eigenvalue weighted by atomic mass is 10.0. The van der Waals surface area contributed by atoms with Crippen molar-refractivity contribution in [2.45, 2.75) is 13.8 Å². The van der Waals surface area contributed by atoms with Gasteiger partial charge in [-0.25, -0.2) is 0 Å². The third-order valence-electron chi connectivity index (χ3n) is 2.46. The molecule has 0 unspecified atom stereocenters. The van der Waals surface area contributed by atoms with Gasteiger partial charge in [0.1, 0.15) is 0 Å². The van der Waals surface area contributed by atoms with Crippen molar-refractivity contribution >= 4 is 55.6 Å². The van der Waals surface area contributed by atoms with Gasteiger partial charge >= 0.3 is 0 Å². The number of thiophene rings is 1. The number of halogens is 2. The zero-order valence-electron chi connectivity index (χ0n) is 9.38. The van der Waals surface area contributed by atoms with Crippen LogP contribution in [0.4, 0.5) is 0 Å². The minimum absolute atomic E-state index is 0.109. The Bertz CT molecular complexity index is 589. The van der Waals surface area contributed by atoms with Crippen molar-refractivity contribution in [3.8, 4) is 0 Å². The van der Waals surface area contributed by atoms with Crippen LogP contribution in [-0.2, 0) is 0 Å². The average Bonchev–Trinajstić information content (AvgIpc) is 2.60. The molecule has 17 heavy (non-hydrogen) atoms. The van der Waals surface area contributed by atoms with E-state index in [-0.39, 0.29) is 5.78 Å². The standard InChI is InChI=1S/C13H10BrIOS/c1-7-5-10(8(2)17-7)13(16)11-6-9(14)3-4-12(11)15/h3-6H,1-2H3. The lowest BCUT2D eigenvalue weighted by molar-refractivity contribution is 0.103. The zero-order chi connectivity index (χ0) is 12.6. The highest BCUT2D eigenvalue weighted by atomic mass is 127. The van der Waals surface area contributed by atoms with E-state index < -0.39 is 0 Å². The zero-order valence-corrected chi connectivity index (χ0v) is 13.9. The molecule has 2 aromatic rings. The smallest absolute Gasteiger partial charge is 0.195 e. The number of ketones is 1. The highest BCUT2D eigenvalue weighted by Gasteiger charge is 2.16. The number of aryl methyl sites for hydroxylation is 2. The fourth-order valence-corrected chi connectivity index (χ4v) is 3.54. The van der Waals surface area contributed by atoms with Crippen molar-refractivity contribution in [3.05, 3.63) is 53.2 Å². The summed E-state index contributed by atoms with van der Waals surface area (Å²) in [7, 11) is 0. The molecule has 0 radical (unpaired) electrons. The molecule has 0 N–H and O–H groups in total. The Morgan fingerprint density at radius 1 is 1.24 bits per heavy atom. The monoisotopic (exact) mass is 420 g/mol. The van der Waals surface area contributed by atoms with E-state index in [9.17, 15) is 4.79 Å². The summed E-state index contributed by atoms with van der Waals surface area (Å²) in [5.74, 6) is 0.109. The Labute approximate surface area is 127 Å². The van der Waals surface area contributed by atoms with Crippen molar-refractivity contribution in [1.29, 1.82) is 0 Å². The summed E-state index contributed by atoms with van der Waals surface area (Å²) in [6.45, 7) is 4.02. The molecule has 0 fully saturated rings. The Balaban J connectivity index is 2.50. The first-order valence-electron chi connectivity index (χ1n) is 5.06. The van der Waals surface area contributed by atoms with E-state index in [0.717, 1.165) is 24.0 Å². The largest absolute Gasteiger partial charge is 0.289 e. The van der Waals surface area contributed by atoms with E-state index in [2.05, 4.69) is 38.5 Å². The van der Waals surface area contributed by atoms with Crippen LogP contribution in [0.5, 0.6) is 0 Å². The van der Waals surface area contributed by atoms with Gasteiger partial charge in [-0.05, 0) is 60.7 Å². The van der Waals surface area contributed by atoms with E-state index in [1.807, 2.05) is 38.1 Å². The molecule has 1 aromatic carbocycles. The van der Waals surface area contributed by atoms with Crippen LogP contribution >= 0.6 is 49.9 Å². The van der Waals surface area contributed by atoms with Crippen molar-refractivity contribution in [3.63, 3.8) is 0 Å². The fourth-order valence-electron chi connectivity index (χ4n) is 1.67. The van der Waals surface area contributed by atoms with Gasteiger partial charge < -0.3 is 0 Å². The SMILES string of the molecule is Cc1cc(C(=O)c2cc(Br)ccc2I)c(C)s1. The van der Waals surface area contributed by atoms with Crippen LogP contribution in [0.15, 0.2) is 28.7 Å². The molecule has 0 aliphatic rings. The maximum Gasteiger partial charge on any atom is 0.195 e. The third-order valence-corrected chi connectivity index (χ3v) is 4.86. The molecule has 1 heterocycles. The quantitative estimate of drug-likeness (QED) is 0.495. The van der Waals surface area contributed by atoms with E-state index in [0.29, 0.717) is 0 Å². The van der Waals surface area contributed by atoms with Gasteiger partial charge in [0, 0.05) is 28.9 Å². The first kappa shape index (κ1) is 13.2. The molecule has 4 heteroatoms. The molecule has 0 aliphatic carbocycles. The summed E-state index contributed by atoms with van der Waals surface area (Å²) in [5, 5.41) is 0. The molecule has 1 aromatic heterocycles. The molecule has 0 spiro atoms. The lowest BCUT2D eigenvalue weighted by Gasteiger charge is -2.04. The van der Waals surface area contributed by atoms with Crippen molar-refractivity contribution in [1.82, 2.24) is 0 Å². The maximum absolute atomic E-state index is 12.4. The molecule has 1 nitrogen and oxygen atoms in total. The Morgan fingerprint density at radius 2 is 1.94 bits per heavy atom. The molecular formula is C13H10BrIOS. The van der Waals surface area contributed by atoms with Crippen molar-refractivity contribution in [2.75, 3.05) is 0 Å². The van der Waals surface area contributed by atoms with Gasteiger partial charge in [-0.3, -0.25) is 4.79 Å². The molecule has 0 saturated heterocycles. The number of carbonyl (C=O) groups is 1. The van der Waals surface area contributed by atoms with Crippen LogP contribution in [-0.4, -0.2) is 5.78 Å². The number of rotatable bonds is 2. The average molecular weight is 421 g/mol. The second-order valence-electron chi connectivity index (χ2n) is 3.78. The maximum atomic E-state index is 12.4. The molecule has 0 saturated carbocycles. The van der Waals surface area contributed by atoms with Gasteiger partial charge in [0.15, 0.2) is 5.78 Å². The number of hydrogen-bond acceptors (Lipinski definition) is 2. The Kier molecular flexibility index (Phi) is 4.05. The Morgan fingerprint density at radius 3 is 2.53 bits per heavy atom. The number of carbonyl (C=O) groups excluding carboxylic acids is 1. The summed E-state index contributed by atoms with van der Waals surface area (Å²) in [5.41, 5.74) is 1.59. The summed E-state index contributed by atoms with van der Waals surface area (Å²) < 4.78 is 1.92. The summed E-state index contributed by atoms with van der Waals surface area (Å²) in [4.78, 5) is 14.7. The van der Waals surface area contributed by atoms with Gasteiger partial charge in [-0.15, -0.1) is 11.3 Å². The van der Waals surface area contributed by atoms with Crippen molar-refractivity contribution < 1.29 is 4.79 Å². The molecule has 0 bridgehead atoms. The minimum Gasteiger partial charge on any atom is -0.289 e. The molecule has 88 valence electrons. The normalized spacial score (nSPS) is 10.6. The second kappa shape index (κ2) is 5.20. The lowest BCUT2D eigenvalue weighted by Crippen LogP contribution is -2.03. The van der Waals surface area contributed by atoms with E-state index >= 15 is 0 Å². The van der Waals surface area contributed by atoms with Gasteiger partial charge in [0.05, 0.1) is 0 Å². The molecular weight excluding hydrogens is 411 g/mol. The van der Waals surface area contributed by atoms with Crippen LogP contribution in [0.2, 0.25) is 0 Å². The van der Waals surface area contributed by atoms with E-state index in [1.165, 1.54) is 4.88 Å². The van der Waals surface area contributed by atoms with Crippen molar-refractivity contribution in [2.24, 2.45) is 0 Å². The molecule has 0 atom stereocenters. The minimum atomic E-state index is 0.109.